The van der Waals surface area contributed by atoms with E-state index in [9.17, 15) is 0 Å². The molecule has 0 spiro atoms. The highest BCUT2D eigenvalue weighted by Gasteiger charge is 2.15. The Bertz CT molecular complexity index is 853. The fourth-order valence-electron chi connectivity index (χ4n) is 2.52. The molecule has 0 saturated heterocycles. The highest BCUT2D eigenvalue weighted by atomic mass is 16.4. The van der Waals surface area contributed by atoms with Gasteiger partial charge in [0, 0.05) is 0 Å². The van der Waals surface area contributed by atoms with E-state index in [4.69, 9.17) is 4.42 Å². The lowest BCUT2D eigenvalue weighted by Gasteiger charge is -2.17. The molecule has 2 aromatic carbocycles. The first kappa shape index (κ1) is 13.5. The van der Waals surface area contributed by atoms with E-state index in [-0.39, 0.29) is 6.04 Å². The van der Waals surface area contributed by atoms with Crippen LogP contribution in [0, 0.1) is 0 Å². The molecule has 0 saturated carbocycles. The smallest absolute Gasteiger partial charge is 0.296 e. The number of hydrogen-bond donors (Lipinski definition) is 1. The van der Waals surface area contributed by atoms with Crippen LogP contribution in [0.25, 0.3) is 11.1 Å². The van der Waals surface area contributed by atoms with Crippen LogP contribution >= 0.6 is 0 Å². The van der Waals surface area contributed by atoms with Gasteiger partial charge < -0.3 is 9.73 Å². The number of nitrogens with one attached hydrogen (secondary N) is 1. The van der Waals surface area contributed by atoms with Gasteiger partial charge in [0.05, 0.1) is 12.6 Å². The molecule has 0 aliphatic heterocycles. The summed E-state index contributed by atoms with van der Waals surface area (Å²) in [5, 5.41) is 7.54. The predicted octanol–water partition coefficient (Wildman–Crippen LogP) is 3.27. The maximum atomic E-state index is 5.77. The SMILES string of the molecule is c1ccc([C@@H](Cn2cncn2)Nc2nc3ccccc3o2)cc1. The quantitative estimate of drug-likeness (QED) is 0.613. The summed E-state index contributed by atoms with van der Waals surface area (Å²) in [6.07, 6.45) is 3.23. The molecule has 0 amide bonds. The molecule has 0 aliphatic rings. The van der Waals surface area contributed by atoms with Crippen molar-refractivity contribution < 1.29 is 4.42 Å². The molecule has 0 bridgehead atoms. The monoisotopic (exact) mass is 305 g/mol. The summed E-state index contributed by atoms with van der Waals surface area (Å²) in [7, 11) is 0. The summed E-state index contributed by atoms with van der Waals surface area (Å²) in [5.74, 6) is 0. The Kier molecular flexibility index (Phi) is 3.48. The van der Waals surface area contributed by atoms with Crippen molar-refractivity contribution in [2.75, 3.05) is 5.32 Å². The molecule has 6 nitrogen and oxygen atoms in total. The second-order valence-corrected chi connectivity index (χ2v) is 5.21. The fraction of sp³-hybridized carbons (Fsp3) is 0.118. The molecule has 6 heteroatoms. The maximum Gasteiger partial charge on any atom is 0.296 e. The number of aromatic nitrogens is 4. The van der Waals surface area contributed by atoms with Crippen LogP contribution in [0.2, 0.25) is 0 Å². The lowest BCUT2D eigenvalue weighted by atomic mass is 10.1. The second kappa shape index (κ2) is 5.92. The normalized spacial score (nSPS) is 12.3. The van der Waals surface area contributed by atoms with Gasteiger partial charge >= 0.3 is 0 Å². The Balaban J connectivity index is 1.64. The fourth-order valence-corrected chi connectivity index (χ4v) is 2.52. The van der Waals surface area contributed by atoms with Gasteiger partial charge in [-0.2, -0.15) is 10.1 Å². The molecule has 1 N–H and O–H groups in total. The molecule has 114 valence electrons. The van der Waals surface area contributed by atoms with Gasteiger partial charge in [-0.1, -0.05) is 42.5 Å². The molecule has 1 atom stereocenters. The number of benzene rings is 2. The first-order valence-electron chi connectivity index (χ1n) is 7.38. The molecule has 0 fully saturated rings. The standard InChI is InChI=1S/C17H15N5O/c1-2-6-13(7-3-1)15(10-22-12-18-11-19-22)21-17-20-14-8-4-5-9-16(14)23-17/h1-9,11-12,15H,10H2,(H,20,21)/t15-/m1/s1. The number of oxazole rings is 1. The summed E-state index contributed by atoms with van der Waals surface area (Å²) in [5.41, 5.74) is 2.73. The van der Waals surface area contributed by atoms with Crippen molar-refractivity contribution in [1.82, 2.24) is 19.7 Å². The van der Waals surface area contributed by atoms with Crippen molar-refractivity contribution in [3.8, 4) is 0 Å². The average molecular weight is 305 g/mol. The second-order valence-electron chi connectivity index (χ2n) is 5.21. The topological polar surface area (TPSA) is 68.8 Å². The zero-order chi connectivity index (χ0) is 15.5. The third kappa shape index (κ3) is 2.91. The predicted molar refractivity (Wildman–Crippen MR) is 86.8 cm³/mol. The van der Waals surface area contributed by atoms with Gasteiger partial charge in [0.25, 0.3) is 6.01 Å². The Morgan fingerprint density at radius 1 is 1.04 bits per heavy atom. The third-order valence-electron chi connectivity index (χ3n) is 3.63. The summed E-state index contributed by atoms with van der Waals surface area (Å²) in [6, 6.07) is 18.3. The number of rotatable bonds is 5. The number of anilines is 1. The summed E-state index contributed by atoms with van der Waals surface area (Å²) in [4.78, 5) is 8.48. The van der Waals surface area contributed by atoms with Crippen LogP contribution in [0.15, 0.2) is 71.7 Å². The molecule has 2 aromatic heterocycles. The summed E-state index contributed by atoms with van der Waals surface area (Å²) < 4.78 is 7.56. The van der Waals surface area contributed by atoms with Crippen LogP contribution in [0.5, 0.6) is 0 Å². The van der Waals surface area contributed by atoms with E-state index in [2.05, 4.69) is 32.5 Å². The van der Waals surface area contributed by atoms with Gasteiger partial charge in [-0.3, -0.25) is 4.68 Å². The summed E-state index contributed by atoms with van der Waals surface area (Å²) in [6.45, 7) is 0.628. The Morgan fingerprint density at radius 2 is 1.87 bits per heavy atom. The lowest BCUT2D eigenvalue weighted by Crippen LogP contribution is -2.18. The average Bonchev–Trinajstić information content (AvgIpc) is 3.24. The van der Waals surface area contributed by atoms with Gasteiger partial charge in [-0.25, -0.2) is 4.98 Å². The third-order valence-corrected chi connectivity index (χ3v) is 3.63. The molecule has 4 aromatic rings. The maximum absolute atomic E-state index is 5.77. The van der Waals surface area contributed by atoms with Crippen LogP contribution in [-0.2, 0) is 6.54 Å². The summed E-state index contributed by atoms with van der Waals surface area (Å²) >= 11 is 0. The molecule has 0 unspecified atom stereocenters. The zero-order valence-corrected chi connectivity index (χ0v) is 12.3. The number of fused-ring (bicyclic) bond motifs is 1. The van der Waals surface area contributed by atoms with E-state index < -0.39 is 0 Å². The molecular weight excluding hydrogens is 290 g/mol. The molecule has 23 heavy (non-hydrogen) atoms. The first-order chi connectivity index (χ1) is 11.4. The van der Waals surface area contributed by atoms with Crippen LogP contribution < -0.4 is 5.32 Å². The molecular formula is C17H15N5O. The van der Waals surface area contributed by atoms with Gasteiger partial charge in [0.2, 0.25) is 0 Å². The zero-order valence-electron chi connectivity index (χ0n) is 12.3. The lowest BCUT2D eigenvalue weighted by molar-refractivity contribution is 0.526. The van der Waals surface area contributed by atoms with Gasteiger partial charge in [0.15, 0.2) is 5.58 Å². The van der Waals surface area contributed by atoms with Crippen molar-refractivity contribution in [2.45, 2.75) is 12.6 Å². The Hall–Kier alpha value is -3.15. The van der Waals surface area contributed by atoms with Crippen molar-refractivity contribution in [2.24, 2.45) is 0 Å². The van der Waals surface area contributed by atoms with Crippen molar-refractivity contribution in [1.29, 1.82) is 0 Å². The van der Waals surface area contributed by atoms with E-state index in [1.165, 1.54) is 6.33 Å². The highest BCUT2D eigenvalue weighted by molar-refractivity contribution is 5.74. The largest absolute Gasteiger partial charge is 0.424 e. The Labute approximate surface area is 132 Å². The molecule has 0 aliphatic carbocycles. The minimum atomic E-state index is -0.0223. The minimum absolute atomic E-state index is 0.0223. The van der Waals surface area contributed by atoms with Gasteiger partial charge in [0.1, 0.15) is 18.2 Å². The van der Waals surface area contributed by atoms with Crippen LogP contribution in [0.1, 0.15) is 11.6 Å². The number of para-hydroxylation sites is 2. The van der Waals surface area contributed by atoms with E-state index in [1.54, 1.807) is 11.0 Å². The van der Waals surface area contributed by atoms with E-state index in [0.29, 0.717) is 12.6 Å². The van der Waals surface area contributed by atoms with E-state index >= 15 is 0 Å². The number of hydrogen-bond acceptors (Lipinski definition) is 5. The van der Waals surface area contributed by atoms with Crippen LogP contribution in [0.3, 0.4) is 0 Å². The van der Waals surface area contributed by atoms with Crippen molar-refractivity contribution in [3.05, 3.63) is 72.8 Å². The first-order valence-corrected chi connectivity index (χ1v) is 7.38. The molecule has 0 radical (unpaired) electrons. The van der Waals surface area contributed by atoms with Crippen LogP contribution in [0.4, 0.5) is 6.01 Å². The number of nitrogens with zero attached hydrogens (tertiary/aromatic N) is 4. The van der Waals surface area contributed by atoms with E-state index in [1.807, 2.05) is 42.5 Å². The molecule has 2 heterocycles. The van der Waals surface area contributed by atoms with Crippen molar-refractivity contribution in [3.63, 3.8) is 0 Å². The van der Waals surface area contributed by atoms with Crippen molar-refractivity contribution >= 4 is 17.1 Å². The Morgan fingerprint density at radius 3 is 2.65 bits per heavy atom. The van der Waals surface area contributed by atoms with E-state index in [0.717, 1.165) is 16.7 Å². The highest BCUT2D eigenvalue weighted by Crippen LogP contribution is 2.24. The van der Waals surface area contributed by atoms with Crippen LogP contribution in [-0.4, -0.2) is 19.7 Å². The van der Waals surface area contributed by atoms with Gasteiger partial charge in [-0.05, 0) is 17.7 Å². The minimum Gasteiger partial charge on any atom is -0.424 e. The molecule has 4 rings (SSSR count). The van der Waals surface area contributed by atoms with Gasteiger partial charge in [-0.15, -0.1) is 0 Å².